The van der Waals surface area contributed by atoms with Crippen LogP contribution in [0.1, 0.15) is 25.3 Å². The summed E-state index contributed by atoms with van der Waals surface area (Å²) >= 11 is 0.906. The highest BCUT2D eigenvalue weighted by atomic mass is 32.2. The van der Waals surface area contributed by atoms with E-state index in [9.17, 15) is 36.3 Å². The topological polar surface area (TPSA) is 110 Å². The molecule has 158 valence electrons. The SMILES string of the molecule is CC(C)OC(=O)[C@H](C(=O)C(F)(F)F)c1cc(NS(=O)(=O)c2cccs2)ccc1O. The molecule has 0 radical (unpaired) electrons. The van der Waals surface area contributed by atoms with Crippen LogP contribution in [0.15, 0.2) is 39.9 Å². The van der Waals surface area contributed by atoms with Crippen LogP contribution in [0.2, 0.25) is 0 Å². The molecule has 0 saturated carbocycles. The lowest BCUT2D eigenvalue weighted by molar-refractivity contribution is -0.178. The number of benzene rings is 1. The second kappa shape index (κ2) is 8.41. The summed E-state index contributed by atoms with van der Waals surface area (Å²) in [7, 11) is -4.05. The number of hydrogen-bond donors (Lipinski definition) is 2. The van der Waals surface area contributed by atoms with Crippen LogP contribution in [-0.2, 0) is 24.3 Å². The van der Waals surface area contributed by atoms with Crippen LogP contribution in [0, 0.1) is 0 Å². The zero-order valence-corrected chi connectivity index (χ0v) is 16.7. The number of carbonyl (C=O) groups excluding carboxylic acids is 2. The highest BCUT2D eigenvalue weighted by Crippen LogP contribution is 2.36. The Morgan fingerprint density at radius 1 is 1.21 bits per heavy atom. The van der Waals surface area contributed by atoms with Crippen molar-refractivity contribution in [1.82, 2.24) is 0 Å². The van der Waals surface area contributed by atoms with E-state index in [0.717, 1.165) is 29.5 Å². The van der Waals surface area contributed by atoms with Crippen molar-refractivity contribution in [3.05, 3.63) is 41.3 Å². The fraction of sp³-hybridized carbons (Fsp3) is 0.294. The van der Waals surface area contributed by atoms with Crippen molar-refractivity contribution in [1.29, 1.82) is 0 Å². The van der Waals surface area contributed by atoms with Crippen LogP contribution in [-0.4, -0.2) is 37.6 Å². The Morgan fingerprint density at radius 2 is 1.86 bits per heavy atom. The Labute approximate surface area is 168 Å². The number of rotatable bonds is 7. The molecular weight excluding hydrogens is 435 g/mol. The molecule has 0 aliphatic rings. The smallest absolute Gasteiger partial charge is 0.451 e. The molecule has 0 bridgehead atoms. The van der Waals surface area contributed by atoms with Crippen LogP contribution in [0.3, 0.4) is 0 Å². The molecule has 1 aromatic heterocycles. The van der Waals surface area contributed by atoms with Gasteiger partial charge in [-0.25, -0.2) is 8.42 Å². The number of carbonyl (C=O) groups is 2. The van der Waals surface area contributed by atoms with Crippen LogP contribution in [0.5, 0.6) is 5.75 Å². The van der Waals surface area contributed by atoms with Gasteiger partial charge in [0.25, 0.3) is 15.8 Å². The van der Waals surface area contributed by atoms with Crippen LogP contribution >= 0.6 is 11.3 Å². The van der Waals surface area contributed by atoms with Crippen molar-refractivity contribution in [3.8, 4) is 5.75 Å². The standard InChI is InChI=1S/C17H16F3NO6S2/c1-9(2)27-16(24)14(15(23)17(18,19)20)11-8-10(5-6-12(11)22)21-29(25,26)13-4-3-7-28-13/h3-9,14,21-22H,1-2H3/t14-/m0/s1. The van der Waals surface area contributed by atoms with Gasteiger partial charge >= 0.3 is 12.1 Å². The second-order valence-corrected chi connectivity index (χ2v) is 8.95. The first-order valence-electron chi connectivity index (χ1n) is 8.03. The molecule has 2 aromatic rings. The number of Topliss-reactive ketones (excluding diaryl/α,β-unsaturated/α-hetero) is 1. The second-order valence-electron chi connectivity index (χ2n) is 6.09. The first-order chi connectivity index (χ1) is 13.3. The molecule has 0 saturated heterocycles. The van der Waals surface area contributed by atoms with E-state index in [2.05, 4.69) is 4.72 Å². The van der Waals surface area contributed by atoms with E-state index in [0.29, 0.717) is 0 Å². The zero-order chi connectivity index (χ0) is 22.0. The molecule has 0 amide bonds. The Morgan fingerprint density at radius 3 is 2.38 bits per heavy atom. The van der Waals surface area contributed by atoms with E-state index < -0.39 is 51.3 Å². The molecule has 0 fully saturated rings. The van der Waals surface area contributed by atoms with E-state index in [-0.39, 0.29) is 9.90 Å². The largest absolute Gasteiger partial charge is 0.508 e. The molecule has 2 N–H and O–H groups in total. The van der Waals surface area contributed by atoms with Crippen molar-refractivity contribution < 1.29 is 41.0 Å². The van der Waals surface area contributed by atoms with E-state index in [4.69, 9.17) is 4.74 Å². The van der Waals surface area contributed by atoms with Crippen molar-refractivity contribution in [2.24, 2.45) is 0 Å². The monoisotopic (exact) mass is 451 g/mol. The van der Waals surface area contributed by atoms with Gasteiger partial charge in [0.15, 0.2) is 5.92 Å². The highest BCUT2D eigenvalue weighted by Gasteiger charge is 2.48. The lowest BCUT2D eigenvalue weighted by Crippen LogP contribution is -2.35. The molecule has 0 spiro atoms. The Balaban J connectivity index is 2.50. The third-order valence-corrected chi connectivity index (χ3v) is 6.26. The summed E-state index contributed by atoms with van der Waals surface area (Å²) in [5, 5.41) is 11.5. The predicted molar refractivity (Wildman–Crippen MR) is 98.3 cm³/mol. The number of esters is 1. The number of anilines is 1. The fourth-order valence-electron chi connectivity index (χ4n) is 2.31. The summed E-state index contributed by atoms with van der Waals surface area (Å²) < 4.78 is 70.5. The molecule has 29 heavy (non-hydrogen) atoms. The number of phenolic OH excluding ortho intramolecular Hbond substituents is 1. The van der Waals surface area contributed by atoms with Gasteiger partial charge < -0.3 is 9.84 Å². The number of ether oxygens (including phenoxy) is 1. The number of sulfonamides is 1. The molecule has 2 rings (SSSR count). The minimum atomic E-state index is -5.39. The number of nitrogens with one attached hydrogen (secondary N) is 1. The van der Waals surface area contributed by atoms with Crippen molar-refractivity contribution in [3.63, 3.8) is 0 Å². The molecule has 1 aromatic carbocycles. The van der Waals surface area contributed by atoms with Gasteiger partial charge in [0.2, 0.25) is 0 Å². The van der Waals surface area contributed by atoms with Crippen LogP contribution in [0.4, 0.5) is 18.9 Å². The van der Waals surface area contributed by atoms with Crippen LogP contribution < -0.4 is 4.72 Å². The molecule has 0 aliphatic carbocycles. The number of hydrogen-bond acceptors (Lipinski definition) is 7. The fourth-order valence-corrected chi connectivity index (χ4v) is 4.35. The normalized spacial score (nSPS) is 13.2. The summed E-state index contributed by atoms with van der Waals surface area (Å²) in [6, 6.07) is 5.54. The zero-order valence-electron chi connectivity index (χ0n) is 15.1. The first kappa shape index (κ1) is 22.7. The lowest BCUT2D eigenvalue weighted by Gasteiger charge is -2.20. The maximum atomic E-state index is 13.0. The van der Waals surface area contributed by atoms with E-state index >= 15 is 0 Å². The average molecular weight is 451 g/mol. The highest BCUT2D eigenvalue weighted by molar-refractivity contribution is 7.94. The number of aromatic hydroxyl groups is 1. The average Bonchev–Trinajstić information content (AvgIpc) is 3.11. The number of ketones is 1. The third-order valence-electron chi connectivity index (χ3n) is 3.48. The number of halogens is 3. The molecule has 0 unspecified atom stereocenters. The Hall–Kier alpha value is -2.60. The Kier molecular flexibility index (Phi) is 6.58. The van der Waals surface area contributed by atoms with Gasteiger partial charge in [0.1, 0.15) is 9.96 Å². The molecular formula is C17H16F3NO6S2. The summed E-state index contributed by atoms with van der Waals surface area (Å²) in [5.41, 5.74) is -0.979. The van der Waals surface area contributed by atoms with Crippen molar-refractivity contribution in [2.45, 2.75) is 36.3 Å². The van der Waals surface area contributed by atoms with Crippen LogP contribution in [0.25, 0.3) is 0 Å². The minimum Gasteiger partial charge on any atom is -0.508 e. The Bertz CT molecular complexity index is 1000. The lowest BCUT2D eigenvalue weighted by atomic mass is 9.93. The predicted octanol–water partition coefficient (Wildman–Crippen LogP) is 3.42. The van der Waals surface area contributed by atoms with Gasteiger partial charge in [-0.05, 0) is 43.5 Å². The maximum absolute atomic E-state index is 13.0. The van der Waals surface area contributed by atoms with Gasteiger partial charge in [-0.1, -0.05) is 6.07 Å². The van der Waals surface area contributed by atoms with Crippen molar-refractivity contribution in [2.75, 3.05) is 4.72 Å². The van der Waals surface area contributed by atoms with Gasteiger partial charge in [-0.2, -0.15) is 13.2 Å². The number of phenols is 1. The van der Waals surface area contributed by atoms with E-state index in [1.165, 1.54) is 31.4 Å². The summed E-state index contributed by atoms with van der Waals surface area (Å²) in [4.78, 5) is 24.0. The minimum absolute atomic E-state index is 0.0609. The third kappa shape index (κ3) is 5.48. The summed E-state index contributed by atoms with van der Waals surface area (Å²) in [6.07, 6.45) is -6.21. The van der Waals surface area contributed by atoms with Gasteiger partial charge in [0.05, 0.1) is 6.10 Å². The van der Waals surface area contributed by atoms with E-state index in [1.807, 2.05) is 0 Å². The molecule has 1 atom stereocenters. The van der Waals surface area contributed by atoms with Gasteiger partial charge in [-0.3, -0.25) is 14.3 Å². The van der Waals surface area contributed by atoms with Gasteiger partial charge in [-0.15, -0.1) is 11.3 Å². The first-order valence-corrected chi connectivity index (χ1v) is 10.4. The molecule has 7 nitrogen and oxygen atoms in total. The quantitative estimate of drug-likeness (QED) is 0.379. The number of alkyl halides is 3. The summed E-state index contributed by atoms with van der Waals surface area (Å²) in [5.74, 6) is -7.27. The molecule has 0 aliphatic heterocycles. The van der Waals surface area contributed by atoms with Crippen molar-refractivity contribution >= 4 is 38.8 Å². The van der Waals surface area contributed by atoms with E-state index in [1.54, 1.807) is 0 Å². The maximum Gasteiger partial charge on any atom is 0.451 e. The van der Waals surface area contributed by atoms with Gasteiger partial charge in [0, 0.05) is 11.3 Å². The molecule has 12 heteroatoms. The summed E-state index contributed by atoms with van der Waals surface area (Å²) in [6.45, 7) is 2.75. The molecule has 1 heterocycles. The number of thiophene rings is 1.